The normalized spacial score (nSPS) is 20.1. The summed E-state index contributed by atoms with van der Waals surface area (Å²) >= 11 is 0. The van der Waals surface area contributed by atoms with Crippen LogP contribution in [0.25, 0.3) is 0 Å². The van der Waals surface area contributed by atoms with Gasteiger partial charge in [-0.05, 0) is 31.0 Å². The number of nitriles is 1. The number of anilines is 2. The second kappa shape index (κ2) is 5.52. The standard InChI is InChI=1S/C16H21N3/c17-12-13-7-8-16-15(11-13)18-9-10-19(16)14-5-3-1-2-4-6-14/h7-8,11,14,18H,1-6,9-10H2. The Kier molecular flexibility index (Phi) is 3.59. The van der Waals surface area contributed by atoms with Crippen molar-refractivity contribution in [3.05, 3.63) is 23.8 Å². The largest absolute Gasteiger partial charge is 0.382 e. The molecule has 1 fully saturated rings. The van der Waals surface area contributed by atoms with E-state index < -0.39 is 0 Å². The van der Waals surface area contributed by atoms with Crippen molar-refractivity contribution in [3.8, 4) is 6.07 Å². The number of fused-ring (bicyclic) bond motifs is 1. The van der Waals surface area contributed by atoms with E-state index in [1.807, 2.05) is 12.1 Å². The molecule has 19 heavy (non-hydrogen) atoms. The van der Waals surface area contributed by atoms with Gasteiger partial charge in [0.05, 0.1) is 23.0 Å². The zero-order chi connectivity index (χ0) is 13.1. The average Bonchev–Trinajstić information content (AvgIpc) is 2.75. The molecule has 1 heterocycles. The van der Waals surface area contributed by atoms with Crippen molar-refractivity contribution in [3.63, 3.8) is 0 Å². The summed E-state index contributed by atoms with van der Waals surface area (Å²) in [6.45, 7) is 2.07. The van der Waals surface area contributed by atoms with E-state index in [1.165, 1.54) is 44.2 Å². The summed E-state index contributed by atoms with van der Waals surface area (Å²) in [5.74, 6) is 0. The molecule has 1 N–H and O–H groups in total. The quantitative estimate of drug-likeness (QED) is 0.780. The van der Waals surface area contributed by atoms with Gasteiger partial charge in [-0.3, -0.25) is 0 Å². The highest BCUT2D eigenvalue weighted by molar-refractivity contribution is 5.74. The Morgan fingerprint density at radius 3 is 2.68 bits per heavy atom. The van der Waals surface area contributed by atoms with Gasteiger partial charge in [0.2, 0.25) is 0 Å². The van der Waals surface area contributed by atoms with Gasteiger partial charge in [-0.15, -0.1) is 0 Å². The molecule has 1 aliphatic carbocycles. The van der Waals surface area contributed by atoms with Crippen LogP contribution >= 0.6 is 0 Å². The molecule has 1 aromatic rings. The lowest BCUT2D eigenvalue weighted by atomic mass is 10.0. The summed E-state index contributed by atoms with van der Waals surface area (Å²) in [5.41, 5.74) is 3.17. The maximum atomic E-state index is 9.00. The van der Waals surface area contributed by atoms with Crippen LogP contribution in [-0.4, -0.2) is 19.1 Å². The zero-order valence-electron chi connectivity index (χ0n) is 11.4. The fraction of sp³-hybridized carbons (Fsp3) is 0.562. The number of hydrogen-bond donors (Lipinski definition) is 1. The lowest BCUT2D eigenvalue weighted by Crippen LogP contribution is -2.41. The summed E-state index contributed by atoms with van der Waals surface area (Å²) in [6, 6.07) is 8.95. The molecule has 0 saturated heterocycles. The van der Waals surface area contributed by atoms with Crippen molar-refractivity contribution in [2.24, 2.45) is 0 Å². The van der Waals surface area contributed by atoms with Gasteiger partial charge in [0, 0.05) is 19.1 Å². The minimum absolute atomic E-state index is 0.691. The van der Waals surface area contributed by atoms with Crippen molar-refractivity contribution >= 4 is 11.4 Å². The molecule has 0 bridgehead atoms. The number of rotatable bonds is 1. The number of nitrogens with one attached hydrogen (secondary N) is 1. The third kappa shape index (κ3) is 2.53. The minimum Gasteiger partial charge on any atom is -0.382 e. The molecule has 3 rings (SSSR count). The molecular weight excluding hydrogens is 234 g/mol. The molecule has 0 radical (unpaired) electrons. The van der Waals surface area contributed by atoms with E-state index >= 15 is 0 Å². The Morgan fingerprint density at radius 1 is 1.16 bits per heavy atom. The highest BCUT2D eigenvalue weighted by atomic mass is 15.2. The Labute approximate surface area is 115 Å². The lowest BCUT2D eigenvalue weighted by molar-refractivity contribution is 0.525. The molecule has 3 nitrogen and oxygen atoms in total. The van der Waals surface area contributed by atoms with Gasteiger partial charge in [-0.1, -0.05) is 25.7 Å². The van der Waals surface area contributed by atoms with E-state index in [2.05, 4.69) is 22.4 Å². The molecule has 100 valence electrons. The van der Waals surface area contributed by atoms with Crippen LogP contribution in [0.1, 0.15) is 44.1 Å². The highest BCUT2D eigenvalue weighted by Gasteiger charge is 2.24. The van der Waals surface area contributed by atoms with E-state index in [9.17, 15) is 0 Å². The molecular formula is C16H21N3. The molecule has 1 aromatic carbocycles. The highest BCUT2D eigenvalue weighted by Crippen LogP contribution is 2.34. The van der Waals surface area contributed by atoms with Gasteiger partial charge in [-0.25, -0.2) is 0 Å². The van der Waals surface area contributed by atoms with Gasteiger partial charge >= 0.3 is 0 Å². The molecule has 1 saturated carbocycles. The molecule has 0 amide bonds. The second-order valence-corrected chi connectivity index (χ2v) is 5.61. The third-order valence-electron chi connectivity index (χ3n) is 4.37. The SMILES string of the molecule is N#Cc1ccc2c(c1)NCCN2C1CCCCCC1. The van der Waals surface area contributed by atoms with Gasteiger partial charge in [0.25, 0.3) is 0 Å². The Hall–Kier alpha value is -1.69. The Balaban J connectivity index is 1.87. The predicted molar refractivity (Wildman–Crippen MR) is 78.5 cm³/mol. The average molecular weight is 255 g/mol. The maximum absolute atomic E-state index is 9.00. The lowest BCUT2D eigenvalue weighted by Gasteiger charge is -2.38. The van der Waals surface area contributed by atoms with Crippen LogP contribution in [0.2, 0.25) is 0 Å². The summed E-state index contributed by atoms with van der Waals surface area (Å²) in [4.78, 5) is 2.57. The summed E-state index contributed by atoms with van der Waals surface area (Å²) in [6.07, 6.45) is 8.14. The fourth-order valence-corrected chi connectivity index (χ4v) is 3.38. The summed E-state index contributed by atoms with van der Waals surface area (Å²) in [5, 5.41) is 12.4. The molecule has 0 unspecified atom stereocenters. The van der Waals surface area contributed by atoms with Crippen LogP contribution in [0.3, 0.4) is 0 Å². The Morgan fingerprint density at radius 2 is 1.95 bits per heavy atom. The van der Waals surface area contributed by atoms with Crippen molar-refractivity contribution in [1.82, 2.24) is 0 Å². The first-order chi connectivity index (χ1) is 9.38. The predicted octanol–water partition coefficient (Wildman–Crippen LogP) is 3.51. The van der Waals surface area contributed by atoms with Crippen LogP contribution in [0.15, 0.2) is 18.2 Å². The van der Waals surface area contributed by atoms with Crippen LogP contribution in [-0.2, 0) is 0 Å². The van der Waals surface area contributed by atoms with Crippen LogP contribution in [0.5, 0.6) is 0 Å². The van der Waals surface area contributed by atoms with E-state index in [0.29, 0.717) is 6.04 Å². The van der Waals surface area contributed by atoms with Gasteiger partial charge in [0.15, 0.2) is 0 Å². The first kappa shape index (κ1) is 12.3. The molecule has 1 aliphatic heterocycles. The zero-order valence-corrected chi connectivity index (χ0v) is 11.4. The van der Waals surface area contributed by atoms with E-state index in [0.717, 1.165) is 24.3 Å². The maximum Gasteiger partial charge on any atom is 0.0992 e. The van der Waals surface area contributed by atoms with Crippen molar-refractivity contribution in [2.75, 3.05) is 23.3 Å². The molecule has 0 aromatic heterocycles. The number of nitrogens with zero attached hydrogens (tertiary/aromatic N) is 2. The first-order valence-corrected chi connectivity index (χ1v) is 7.43. The smallest absolute Gasteiger partial charge is 0.0992 e. The Bertz CT molecular complexity index is 481. The topological polar surface area (TPSA) is 39.1 Å². The van der Waals surface area contributed by atoms with E-state index in [-0.39, 0.29) is 0 Å². The van der Waals surface area contributed by atoms with Crippen LogP contribution in [0.4, 0.5) is 11.4 Å². The molecule has 0 atom stereocenters. The van der Waals surface area contributed by atoms with Crippen molar-refractivity contribution in [2.45, 2.75) is 44.6 Å². The van der Waals surface area contributed by atoms with Crippen molar-refractivity contribution in [1.29, 1.82) is 5.26 Å². The number of benzene rings is 1. The minimum atomic E-state index is 0.691. The van der Waals surface area contributed by atoms with Crippen LogP contribution in [0, 0.1) is 11.3 Å². The summed E-state index contributed by atoms with van der Waals surface area (Å²) in [7, 11) is 0. The summed E-state index contributed by atoms with van der Waals surface area (Å²) < 4.78 is 0. The van der Waals surface area contributed by atoms with Crippen molar-refractivity contribution < 1.29 is 0 Å². The molecule has 3 heteroatoms. The van der Waals surface area contributed by atoms with Gasteiger partial charge < -0.3 is 10.2 Å². The van der Waals surface area contributed by atoms with E-state index in [1.54, 1.807) is 0 Å². The van der Waals surface area contributed by atoms with Gasteiger partial charge in [0.1, 0.15) is 0 Å². The first-order valence-electron chi connectivity index (χ1n) is 7.43. The second-order valence-electron chi connectivity index (χ2n) is 5.61. The molecule has 2 aliphatic rings. The third-order valence-corrected chi connectivity index (χ3v) is 4.37. The van der Waals surface area contributed by atoms with Gasteiger partial charge in [-0.2, -0.15) is 5.26 Å². The fourth-order valence-electron chi connectivity index (χ4n) is 3.38. The number of hydrogen-bond acceptors (Lipinski definition) is 3. The monoisotopic (exact) mass is 255 g/mol. The van der Waals surface area contributed by atoms with Crippen LogP contribution < -0.4 is 10.2 Å². The van der Waals surface area contributed by atoms with E-state index in [4.69, 9.17) is 5.26 Å². The molecule has 0 spiro atoms.